The summed E-state index contributed by atoms with van der Waals surface area (Å²) < 4.78 is 2.53. The van der Waals surface area contributed by atoms with E-state index in [1.54, 1.807) is 0 Å². The van der Waals surface area contributed by atoms with Gasteiger partial charge in [0.25, 0.3) is 0 Å². The van der Waals surface area contributed by atoms with Gasteiger partial charge in [-0.05, 0) is 132 Å². The van der Waals surface area contributed by atoms with Gasteiger partial charge in [-0.15, -0.1) is 0 Å². The number of anilines is 3. The molecule has 1 unspecified atom stereocenters. The van der Waals surface area contributed by atoms with Crippen LogP contribution in [0.4, 0.5) is 17.1 Å². The summed E-state index contributed by atoms with van der Waals surface area (Å²) in [5.41, 5.74) is 26.0. The number of fused-ring (bicyclic) bond motifs is 15. The SMILES string of the molecule is c1ccc(-c2ccccc2N(c2cccc(-c3ccc4c(c3)C3(c5ccccc5-4)c4ccccc4-n4c5ccccc5c5cccc3c54)c2)c2ccc3c(c2)C(c2ccccc2)(c2ccccc2)c2ccccc2-3)cc1. The molecular formula is C74H48N2. The topological polar surface area (TPSA) is 8.17 Å². The summed E-state index contributed by atoms with van der Waals surface area (Å²) in [6, 6.07) is 109. The molecule has 12 aromatic carbocycles. The number of nitrogens with zero attached hydrogens (tertiary/aromatic N) is 2. The van der Waals surface area contributed by atoms with E-state index in [4.69, 9.17) is 0 Å². The predicted molar refractivity (Wildman–Crippen MR) is 315 cm³/mol. The average molecular weight is 965 g/mol. The van der Waals surface area contributed by atoms with Crippen LogP contribution < -0.4 is 4.90 Å². The Balaban J connectivity index is 0.927. The highest BCUT2D eigenvalue weighted by Gasteiger charge is 2.51. The van der Waals surface area contributed by atoms with Gasteiger partial charge in [-0.2, -0.15) is 0 Å². The van der Waals surface area contributed by atoms with Gasteiger partial charge in [0.05, 0.1) is 33.2 Å². The first-order chi connectivity index (χ1) is 37.7. The number of hydrogen-bond acceptors (Lipinski definition) is 1. The molecule has 76 heavy (non-hydrogen) atoms. The zero-order chi connectivity index (χ0) is 50.0. The second-order valence-electron chi connectivity index (χ2n) is 20.7. The smallest absolute Gasteiger partial charge is 0.0754 e. The van der Waals surface area contributed by atoms with Crippen LogP contribution in [0.3, 0.4) is 0 Å². The molecule has 2 heterocycles. The van der Waals surface area contributed by atoms with Crippen molar-refractivity contribution in [2.45, 2.75) is 10.8 Å². The minimum atomic E-state index is -0.550. The average Bonchev–Trinajstić information content (AvgIpc) is 4.19. The van der Waals surface area contributed by atoms with Crippen molar-refractivity contribution in [2.75, 3.05) is 4.90 Å². The van der Waals surface area contributed by atoms with Gasteiger partial charge in [0.2, 0.25) is 0 Å². The molecule has 0 bridgehead atoms. The van der Waals surface area contributed by atoms with Crippen molar-refractivity contribution in [1.29, 1.82) is 0 Å². The van der Waals surface area contributed by atoms with Gasteiger partial charge in [-0.25, -0.2) is 0 Å². The summed E-state index contributed by atoms with van der Waals surface area (Å²) in [7, 11) is 0. The number of para-hydroxylation sites is 4. The minimum absolute atomic E-state index is 0.549. The van der Waals surface area contributed by atoms with E-state index in [9.17, 15) is 0 Å². The van der Waals surface area contributed by atoms with Gasteiger partial charge in [0.15, 0.2) is 0 Å². The Morgan fingerprint density at radius 3 is 1.53 bits per heavy atom. The fourth-order valence-electron chi connectivity index (χ4n) is 14.1. The molecule has 0 saturated heterocycles. The van der Waals surface area contributed by atoms with Gasteiger partial charge in [-0.1, -0.05) is 243 Å². The summed E-state index contributed by atoms with van der Waals surface area (Å²) in [5, 5.41) is 2.56. The lowest BCUT2D eigenvalue weighted by molar-refractivity contribution is 0.749. The van der Waals surface area contributed by atoms with E-state index in [1.165, 1.54) is 105 Å². The maximum absolute atomic E-state index is 2.53. The number of aromatic nitrogens is 1. The largest absolute Gasteiger partial charge is 0.310 e. The standard InChI is InChI=1S/C74H48N2/c1-4-22-49(23-5-1)56-30-12-17-39-69(56)75(55-43-45-60-57-31-10-14-35-63(57)73(68(60)48-55,52-25-6-2-7-26-52)53-27-8-3-9-28-53)54-29-20-24-50(46-54)51-42-44-59-58-32-11-15-36-64(58)74(67(59)47-51)65-37-16-19-41-71(65)76-70-40-18-13-33-61(70)62-34-21-38-66(74)72(62)76/h1-48H. The molecule has 354 valence electrons. The molecule has 0 fully saturated rings. The highest BCUT2D eigenvalue weighted by Crippen LogP contribution is 2.62. The molecule has 1 spiro atoms. The van der Waals surface area contributed by atoms with E-state index in [0.29, 0.717) is 0 Å². The summed E-state index contributed by atoms with van der Waals surface area (Å²) in [5.74, 6) is 0. The second-order valence-corrected chi connectivity index (χ2v) is 20.7. The summed E-state index contributed by atoms with van der Waals surface area (Å²) >= 11 is 0. The van der Waals surface area contributed by atoms with Gasteiger partial charge in [0.1, 0.15) is 0 Å². The van der Waals surface area contributed by atoms with Crippen LogP contribution in [0.1, 0.15) is 44.5 Å². The quantitative estimate of drug-likeness (QED) is 0.155. The molecule has 2 aliphatic carbocycles. The van der Waals surface area contributed by atoms with Crippen LogP contribution in [0.2, 0.25) is 0 Å². The lowest BCUT2D eigenvalue weighted by Gasteiger charge is -2.39. The third-order valence-electron chi connectivity index (χ3n) is 17.1. The molecule has 0 saturated carbocycles. The zero-order valence-electron chi connectivity index (χ0n) is 41.6. The van der Waals surface area contributed by atoms with Gasteiger partial charge in [-0.3, -0.25) is 0 Å². The van der Waals surface area contributed by atoms with Crippen molar-refractivity contribution < 1.29 is 0 Å². The van der Waals surface area contributed by atoms with Crippen LogP contribution in [-0.2, 0) is 10.8 Å². The Hall–Kier alpha value is -9.76. The molecule has 16 rings (SSSR count). The predicted octanol–water partition coefficient (Wildman–Crippen LogP) is 18.6. The lowest BCUT2D eigenvalue weighted by Crippen LogP contribution is -2.33. The van der Waals surface area contributed by atoms with E-state index >= 15 is 0 Å². The highest BCUT2D eigenvalue weighted by atomic mass is 15.1. The molecule has 0 amide bonds. The monoisotopic (exact) mass is 964 g/mol. The lowest BCUT2D eigenvalue weighted by atomic mass is 9.65. The third-order valence-corrected chi connectivity index (χ3v) is 17.1. The fraction of sp³-hybridized carbons (Fsp3) is 0.0270. The van der Waals surface area contributed by atoms with Gasteiger partial charge in [0, 0.05) is 27.7 Å². The molecule has 0 N–H and O–H groups in total. The first-order valence-electron chi connectivity index (χ1n) is 26.5. The van der Waals surface area contributed by atoms with E-state index < -0.39 is 10.8 Å². The molecule has 0 radical (unpaired) electrons. The first kappa shape index (κ1) is 42.7. The zero-order valence-corrected chi connectivity index (χ0v) is 41.6. The number of rotatable bonds is 7. The van der Waals surface area contributed by atoms with Crippen molar-refractivity contribution in [3.63, 3.8) is 0 Å². The van der Waals surface area contributed by atoms with Crippen molar-refractivity contribution in [2.24, 2.45) is 0 Å². The third kappa shape index (κ3) is 5.76. The van der Waals surface area contributed by atoms with Crippen LogP contribution in [0.5, 0.6) is 0 Å². The van der Waals surface area contributed by atoms with Crippen molar-refractivity contribution >= 4 is 38.9 Å². The van der Waals surface area contributed by atoms with E-state index in [0.717, 1.165) is 28.2 Å². The molecule has 2 heteroatoms. The van der Waals surface area contributed by atoms with Crippen molar-refractivity contribution in [1.82, 2.24) is 4.57 Å². The molecular weight excluding hydrogens is 917 g/mol. The molecule has 1 aromatic heterocycles. The number of benzene rings is 12. The number of hydrogen-bond donors (Lipinski definition) is 0. The van der Waals surface area contributed by atoms with Gasteiger partial charge < -0.3 is 9.47 Å². The first-order valence-corrected chi connectivity index (χ1v) is 26.5. The maximum Gasteiger partial charge on any atom is 0.0754 e. The van der Waals surface area contributed by atoms with Crippen LogP contribution in [0.25, 0.3) is 72.0 Å². The highest BCUT2D eigenvalue weighted by molar-refractivity contribution is 6.13. The Bertz CT molecular complexity index is 4430. The summed E-state index contributed by atoms with van der Waals surface area (Å²) in [6.07, 6.45) is 0. The van der Waals surface area contributed by atoms with Crippen LogP contribution >= 0.6 is 0 Å². The maximum atomic E-state index is 2.53. The molecule has 13 aromatic rings. The van der Waals surface area contributed by atoms with E-state index in [-0.39, 0.29) is 0 Å². The second kappa shape index (κ2) is 16.4. The molecule has 2 nitrogen and oxygen atoms in total. The summed E-state index contributed by atoms with van der Waals surface area (Å²) in [4.78, 5) is 2.50. The Morgan fingerprint density at radius 1 is 0.276 bits per heavy atom. The van der Waals surface area contributed by atoms with Crippen LogP contribution in [-0.4, -0.2) is 4.57 Å². The van der Waals surface area contributed by atoms with Crippen molar-refractivity contribution in [3.8, 4) is 50.2 Å². The summed E-state index contributed by atoms with van der Waals surface area (Å²) in [6.45, 7) is 0. The van der Waals surface area contributed by atoms with Crippen molar-refractivity contribution in [3.05, 3.63) is 336 Å². The Morgan fingerprint density at radius 2 is 0.776 bits per heavy atom. The molecule has 3 aliphatic rings. The van der Waals surface area contributed by atoms with E-state index in [2.05, 4.69) is 301 Å². The van der Waals surface area contributed by atoms with Crippen LogP contribution in [0.15, 0.2) is 291 Å². The Labute approximate surface area is 442 Å². The minimum Gasteiger partial charge on any atom is -0.310 e. The van der Waals surface area contributed by atoms with E-state index in [1.807, 2.05) is 0 Å². The molecule has 1 atom stereocenters. The van der Waals surface area contributed by atoms with Gasteiger partial charge >= 0.3 is 0 Å². The normalized spacial score (nSPS) is 15.0. The van der Waals surface area contributed by atoms with Crippen LogP contribution in [0, 0.1) is 0 Å². The fourth-order valence-corrected chi connectivity index (χ4v) is 14.1. The molecule has 1 aliphatic heterocycles. The Kier molecular flexibility index (Phi) is 9.20.